The van der Waals surface area contributed by atoms with Crippen molar-refractivity contribution in [2.75, 3.05) is 0 Å². The molecule has 3 rings (SSSR count). The number of carbonyl (C=O) groups is 1. The van der Waals surface area contributed by atoms with Crippen LogP contribution in [0.4, 0.5) is 0 Å². The summed E-state index contributed by atoms with van der Waals surface area (Å²) < 4.78 is 4.02. The molecule has 0 aliphatic carbocycles. The van der Waals surface area contributed by atoms with Crippen LogP contribution in [-0.2, 0) is 0 Å². The average Bonchev–Trinajstić information content (AvgIpc) is 2.57. The Morgan fingerprint density at radius 2 is 1.05 bits per heavy atom. The Kier molecular flexibility index (Phi) is 4.60. The fourth-order valence-corrected chi connectivity index (χ4v) is 8.87. The van der Waals surface area contributed by atoms with Gasteiger partial charge in [-0.3, -0.25) is 0 Å². The zero-order valence-corrected chi connectivity index (χ0v) is 14.4. The zero-order chi connectivity index (χ0) is 15.4. The van der Waals surface area contributed by atoms with E-state index in [9.17, 15) is 4.79 Å². The van der Waals surface area contributed by atoms with Gasteiger partial charge in [0.1, 0.15) is 0 Å². The molecule has 0 aromatic heterocycles. The van der Waals surface area contributed by atoms with Crippen LogP contribution in [0.3, 0.4) is 0 Å². The van der Waals surface area contributed by atoms with Crippen LogP contribution < -0.4 is 10.5 Å². The maximum absolute atomic E-state index is 11.0. The van der Waals surface area contributed by atoms with Crippen LogP contribution in [0.2, 0.25) is 0 Å². The molecule has 0 saturated heterocycles. The molecule has 2 nitrogen and oxygen atoms in total. The molecule has 108 valence electrons. The van der Waals surface area contributed by atoms with Gasteiger partial charge in [-0.15, -0.1) is 0 Å². The molecule has 3 aromatic carbocycles. The average molecular weight is 397 g/mol. The maximum atomic E-state index is 11.0. The van der Waals surface area contributed by atoms with Gasteiger partial charge >= 0.3 is 137 Å². The molecule has 0 bridgehead atoms. The number of benzene rings is 3. The van der Waals surface area contributed by atoms with Gasteiger partial charge in [0, 0.05) is 0 Å². The zero-order valence-electron chi connectivity index (χ0n) is 11.9. The number of carboxylic acid groups (broad SMARTS) is 1. The molecule has 1 N–H and O–H groups in total. The van der Waals surface area contributed by atoms with Crippen molar-refractivity contribution in [3.63, 3.8) is 0 Å². The second-order valence-electron chi connectivity index (χ2n) is 4.86. The van der Waals surface area contributed by atoms with Crippen molar-refractivity contribution in [1.29, 1.82) is 0 Å². The van der Waals surface area contributed by atoms with Crippen LogP contribution in [0.25, 0.3) is 0 Å². The molecular formula is C19H15O2Sb. The molecule has 0 fully saturated rings. The van der Waals surface area contributed by atoms with Crippen molar-refractivity contribution in [2.45, 2.75) is 0 Å². The normalized spacial score (nSPS) is 10.6. The van der Waals surface area contributed by atoms with E-state index in [0.717, 1.165) is 0 Å². The van der Waals surface area contributed by atoms with E-state index in [1.807, 2.05) is 24.3 Å². The van der Waals surface area contributed by atoms with Gasteiger partial charge in [0.25, 0.3) is 0 Å². The van der Waals surface area contributed by atoms with Crippen molar-refractivity contribution >= 4 is 36.7 Å². The van der Waals surface area contributed by atoms with Gasteiger partial charge < -0.3 is 0 Å². The standard InChI is InChI=1S/C7H5O2.2C6H5.Sb/c8-7(9)6-4-2-1-3-5-6;2*1-2-4-6-5-3-1;/h2-5H,(H,8,9);2*1-5H;. The van der Waals surface area contributed by atoms with Crippen LogP contribution in [0, 0.1) is 0 Å². The summed E-state index contributed by atoms with van der Waals surface area (Å²) in [5.74, 6) is -0.880. The molecule has 3 aromatic rings. The van der Waals surface area contributed by atoms with Crippen LogP contribution in [0.1, 0.15) is 10.4 Å². The Morgan fingerprint density at radius 3 is 1.45 bits per heavy atom. The van der Waals surface area contributed by atoms with Crippen LogP contribution in [0.15, 0.2) is 84.9 Å². The van der Waals surface area contributed by atoms with Gasteiger partial charge in [0.2, 0.25) is 0 Å². The summed E-state index contributed by atoms with van der Waals surface area (Å²) in [4.78, 5) is 11.0. The summed E-state index contributed by atoms with van der Waals surface area (Å²) in [6.07, 6.45) is 0. The van der Waals surface area contributed by atoms with Gasteiger partial charge in [-0.05, 0) is 0 Å². The quantitative estimate of drug-likeness (QED) is 0.684. The number of rotatable bonds is 4. The topological polar surface area (TPSA) is 37.3 Å². The van der Waals surface area contributed by atoms with Gasteiger partial charge in [0.15, 0.2) is 0 Å². The molecule has 0 aliphatic heterocycles. The molecular weight excluding hydrogens is 382 g/mol. The van der Waals surface area contributed by atoms with E-state index in [2.05, 4.69) is 48.5 Å². The predicted octanol–water partition coefficient (Wildman–Crippen LogP) is 1.90. The third-order valence-electron chi connectivity index (χ3n) is 3.40. The third kappa shape index (κ3) is 3.23. The van der Waals surface area contributed by atoms with Gasteiger partial charge in [-0.2, -0.15) is 0 Å². The van der Waals surface area contributed by atoms with Crippen LogP contribution >= 0.6 is 0 Å². The Hall–Kier alpha value is -2.05. The third-order valence-corrected chi connectivity index (χ3v) is 10.4. The predicted molar refractivity (Wildman–Crippen MR) is 90.9 cm³/mol. The van der Waals surface area contributed by atoms with Gasteiger partial charge in [0.05, 0.1) is 0 Å². The van der Waals surface area contributed by atoms with E-state index in [4.69, 9.17) is 5.11 Å². The first-order valence-corrected chi connectivity index (χ1v) is 10.8. The molecule has 3 heteroatoms. The van der Waals surface area contributed by atoms with Crippen LogP contribution in [-0.4, -0.2) is 31.3 Å². The van der Waals surface area contributed by atoms with Gasteiger partial charge in [-0.25, -0.2) is 0 Å². The Bertz CT molecular complexity index is 713. The van der Waals surface area contributed by atoms with E-state index < -0.39 is 26.2 Å². The van der Waals surface area contributed by atoms with Crippen molar-refractivity contribution in [3.05, 3.63) is 90.5 Å². The van der Waals surface area contributed by atoms with E-state index in [-0.39, 0.29) is 0 Å². The molecule has 0 spiro atoms. The molecule has 0 heterocycles. The van der Waals surface area contributed by atoms with Crippen molar-refractivity contribution in [1.82, 2.24) is 0 Å². The van der Waals surface area contributed by atoms with Crippen LogP contribution in [0.5, 0.6) is 0 Å². The summed E-state index contributed by atoms with van der Waals surface area (Å²) >= 11 is -2.08. The second-order valence-corrected chi connectivity index (χ2v) is 11.2. The number of hydrogen-bond donors (Lipinski definition) is 1. The summed E-state index contributed by atoms with van der Waals surface area (Å²) in [5, 5.41) is 9.06. The Morgan fingerprint density at radius 1 is 0.636 bits per heavy atom. The molecule has 0 atom stereocenters. The van der Waals surface area contributed by atoms with E-state index >= 15 is 0 Å². The first kappa shape index (κ1) is 14.9. The molecule has 0 aliphatic rings. The summed E-state index contributed by atoms with van der Waals surface area (Å²) in [7, 11) is 0. The Labute approximate surface area is 137 Å². The molecule has 0 saturated carbocycles. The summed E-state index contributed by atoms with van der Waals surface area (Å²) in [6.45, 7) is 0. The van der Waals surface area contributed by atoms with Gasteiger partial charge in [-0.1, -0.05) is 0 Å². The molecule has 22 heavy (non-hydrogen) atoms. The summed E-state index contributed by atoms with van der Waals surface area (Å²) in [6, 6.07) is 28.4. The molecule has 0 unspecified atom stereocenters. The molecule has 0 radical (unpaired) electrons. The first-order valence-electron chi connectivity index (χ1n) is 6.99. The first-order chi connectivity index (χ1) is 10.8. The van der Waals surface area contributed by atoms with E-state index in [1.165, 1.54) is 10.5 Å². The second kappa shape index (κ2) is 6.81. The van der Waals surface area contributed by atoms with Crippen molar-refractivity contribution < 1.29 is 9.90 Å². The number of hydrogen-bond acceptors (Lipinski definition) is 1. The van der Waals surface area contributed by atoms with E-state index in [1.54, 1.807) is 12.1 Å². The van der Waals surface area contributed by atoms with Crippen molar-refractivity contribution in [2.24, 2.45) is 0 Å². The fourth-order valence-electron chi connectivity index (χ4n) is 2.35. The minimum atomic E-state index is -2.08. The van der Waals surface area contributed by atoms with Crippen molar-refractivity contribution in [3.8, 4) is 0 Å². The Balaban J connectivity index is 2.08. The summed E-state index contributed by atoms with van der Waals surface area (Å²) in [5.41, 5.74) is 0.338. The fraction of sp³-hybridized carbons (Fsp3) is 0. The monoisotopic (exact) mass is 396 g/mol. The number of aromatic carboxylic acids is 1. The number of carboxylic acids is 1. The van der Waals surface area contributed by atoms with E-state index in [0.29, 0.717) is 5.56 Å². The minimum absolute atomic E-state index is 0.338. The molecule has 0 amide bonds. The SMILES string of the molecule is O=C(O)c1cc[c]([Sb]([c]2ccccc2)[c]2ccccc2)cc1.